The monoisotopic (exact) mass is 654 g/mol. The lowest BCUT2D eigenvalue weighted by Crippen LogP contribution is -2.45. The lowest BCUT2D eigenvalue weighted by Gasteiger charge is -2.44. The first-order valence-corrected chi connectivity index (χ1v) is 18.1. The molecule has 3 aromatic carbocycles. The van der Waals surface area contributed by atoms with Crippen LogP contribution in [0.5, 0.6) is 11.5 Å². The molecule has 0 aromatic heterocycles. The van der Waals surface area contributed by atoms with Crippen molar-refractivity contribution in [3.63, 3.8) is 0 Å². The van der Waals surface area contributed by atoms with Crippen LogP contribution in [0.2, 0.25) is 5.02 Å². The molecule has 0 spiro atoms. The van der Waals surface area contributed by atoms with Crippen molar-refractivity contribution in [3.05, 3.63) is 99.6 Å². The first-order chi connectivity index (χ1) is 22.7. The summed E-state index contributed by atoms with van der Waals surface area (Å²) in [6.07, 6.45) is 8.42. The third-order valence-electron chi connectivity index (χ3n) is 10.6. The van der Waals surface area contributed by atoms with Gasteiger partial charge in [-0.25, -0.2) is 0 Å². The van der Waals surface area contributed by atoms with Gasteiger partial charge in [-0.15, -0.1) is 0 Å². The van der Waals surface area contributed by atoms with Gasteiger partial charge in [-0.1, -0.05) is 74.3 Å². The third kappa shape index (κ3) is 7.48. The molecular formula is C41H51ClN2O3. The van der Waals surface area contributed by atoms with Gasteiger partial charge in [-0.3, -0.25) is 4.79 Å². The SMILES string of the molecule is CCCC(C)(c1ccc(Cl)cc1)c1cc(OC(=O)CCCN2CCCC2)c2c(c1)OC(C)(C)C1=C2C(CCc2ccccc2)NCC1. The standard InChI is InChI=1S/C41H51ClN2O3/c1-5-22-41(4,30-16-18-32(42)19-17-30)31-27-35(46-37(45)14-11-26-44-24-9-10-25-44)39-36(28-31)47-40(2,3)33-21-23-43-34(38(33)39)20-15-29-12-7-6-8-13-29/h6-8,12-13,16-19,27-28,34,43H,5,9-11,14-15,20-26H2,1-4H3. The van der Waals surface area contributed by atoms with Crippen molar-refractivity contribution >= 4 is 23.1 Å². The fraction of sp³-hybridized carbons (Fsp3) is 0.488. The van der Waals surface area contributed by atoms with Crippen molar-refractivity contribution in [2.75, 3.05) is 26.2 Å². The summed E-state index contributed by atoms with van der Waals surface area (Å²) in [5.41, 5.74) is 6.27. The van der Waals surface area contributed by atoms with E-state index in [2.05, 4.69) is 92.5 Å². The lowest BCUT2D eigenvalue weighted by molar-refractivity contribution is -0.134. The van der Waals surface area contributed by atoms with E-state index in [4.69, 9.17) is 21.1 Å². The van der Waals surface area contributed by atoms with Crippen molar-refractivity contribution in [2.45, 2.75) is 103 Å². The quantitative estimate of drug-likeness (QED) is 0.156. The number of carbonyl (C=O) groups excluding carboxylic acids is 1. The molecule has 0 saturated carbocycles. The summed E-state index contributed by atoms with van der Waals surface area (Å²) in [4.78, 5) is 16.1. The van der Waals surface area contributed by atoms with Gasteiger partial charge in [-0.2, -0.15) is 0 Å². The number of carbonyl (C=O) groups is 1. The minimum absolute atomic E-state index is 0.123. The van der Waals surface area contributed by atoms with Crippen molar-refractivity contribution in [1.82, 2.24) is 10.2 Å². The summed E-state index contributed by atoms with van der Waals surface area (Å²) in [7, 11) is 0. The zero-order valence-electron chi connectivity index (χ0n) is 28.7. The Morgan fingerprint density at radius 3 is 2.53 bits per heavy atom. The van der Waals surface area contributed by atoms with Gasteiger partial charge >= 0.3 is 5.97 Å². The number of ether oxygens (including phenoxy) is 2. The van der Waals surface area contributed by atoms with E-state index < -0.39 is 5.60 Å². The van der Waals surface area contributed by atoms with Crippen molar-refractivity contribution < 1.29 is 14.3 Å². The Morgan fingerprint density at radius 2 is 1.81 bits per heavy atom. The zero-order chi connectivity index (χ0) is 33.0. The Balaban J connectivity index is 1.42. The summed E-state index contributed by atoms with van der Waals surface area (Å²) >= 11 is 6.33. The number of hydrogen-bond acceptors (Lipinski definition) is 5. The maximum Gasteiger partial charge on any atom is 0.311 e. The summed E-state index contributed by atoms with van der Waals surface area (Å²) in [5, 5.41) is 4.56. The van der Waals surface area contributed by atoms with Crippen LogP contribution < -0.4 is 14.8 Å². The number of hydrogen-bond donors (Lipinski definition) is 1. The molecule has 250 valence electrons. The number of halogens is 1. The predicted molar refractivity (Wildman–Crippen MR) is 193 cm³/mol. The van der Waals surface area contributed by atoms with Gasteiger partial charge in [0.2, 0.25) is 0 Å². The van der Waals surface area contributed by atoms with Crippen LogP contribution in [0.25, 0.3) is 5.57 Å². The van der Waals surface area contributed by atoms with E-state index in [9.17, 15) is 4.79 Å². The summed E-state index contributed by atoms with van der Waals surface area (Å²) in [5.74, 6) is 1.25. The van der Waals surface area contributed by atoms with E-state index in [0.717, 1.165) is 86.6 Å². The highest BCUT2D eigenvalue weighted by atomic mass is 35.5. The normalized spacial score (nSPS) is 20.2. The van der Waals surface area contributed by atoms with Crippen LogP contribution in [0.15, 0.2) is 72.3 Å². The molecule has 5 nitrogen and oxygen atoms in total. The predicted octanol–water partition coefficient (Wildman–Crippen LogP) is 9.15. The number of esters is 1. The number of fused-ring (bicyclic) bond motifs is 2. The minimum Gasteiger partial charge on any atom is -0.483 e. The molecule has 1 saturated heterocycles. The Bertz CT molecular complexity index is 1580. The average molecular weight is 655 g/mol. The number of nitrogens with zero attached hydrogens (tertiary/aromatic N) is 1. The van der Waals surface area contributed by atoms with Crippen LogP contribution in [0.1, 0.15) is 101 Å². The van der Waals surface area contributed by atoms with E-state index >= 15 is 0 Å². The molecule has 47 heavy (non-hydrogen) atoms. The molecule has 0 amide bonds. The van der Waals surface area contributed by atoms with E-state index in [1.807, 2.05) is 12.1 Å². The Morgan fingerprint density at radius 1 is 1.06 bits per heavy atom. The molecule has 1 fully saturated rings. The Kier molecular flexibility index (Phi) is 10.5. The second-order valence-electron chi connectivity index (χ2n) is 14.3. The summed E-state index contributed by atoms with van der Waals surface area (Å²) in [6, 6.07) is 23.3. The number of benzene rings is 3. The molecule has 0 aliphatic carbocycles. The molecule has 3 aromatic rings. The van der Waals surface area contributed by atoms with E-state index in [1.54, 1.807) is 0 Å². The van der Waals surface area contributed by atoms with Gasteiger partial charge in [0.05, 0.1) is 5.56 Å². The second kappa shape index (κ2) is 14.6. The summed E-state index contributed by atoms with van der Waals surface area (Å²) in [6.45, 7) is 13.0. The second-order valence-corrected chi connectivity index (χ2v) is 14.8. The molecule has 3 aliphatic rings. The van der Waals surface area contributed by atoms with Crippen LogP contribution in [0.3, 0.4) is 0 Å². The van der Waals surface area contributed by atoms with Crippen LogP contribution in [0.4, 0.5) is 0 Å². The van der Waals surface area contributed by atoms with Crippen LogP contribution >= 0.6 is 11.6 Å². The zero-order valence-corrected chi connectivity index (χ0v) is 29.4. The molecule has 2 unspecified atom stereocenters. The van der Waals surface area contributed by atoms with Crippen molar-refractivity contribution in [1.29, 1.82) is 0 Å². The topological polar surface area (TPSA) is 50.8 Å². The lowest BCUT2D eigenvalue weighted by atomic mass is 9.71. The molecule has 3 aliphatic heterocycles. The number of aryl methyl sites for hydroxylation is 1. The molecule has 0 radical (unpaired) electrons. The smallest absolute Gasteiger partial charge is 0.311 e. The summed E-state index contributed by atoms with van der Waals surface area (Å²) < 4.78 is 13.4. The van der Waals surface area contributed by atoms with Crippen molar-refractivity contribution in [3.8, 4) is 11.5 Å². The van der Waals surface area contributed by atoms with Crippen molar-refractivity contribution in [2.24, 2.45) is 0 Å². The fourth-order valence-corrected chi connectivity index (χ4v) is 8.17. The Hall–Kier alpha value is -3.12. The van der Waals surface area contributed by atoms with Gasteiger partial charge in [0.25, 0.3) is 0 Å². The average Bonchev–Trinajstić information content (AvgIpc) is 3.58. The van der Waals surface area contributed by atoms with Crippen LogP contribution in [-0.4, -0.2) is 48.7 Å². The molecule has 6 heteroatoms. The van der Waals surface area contributed by atoms with Gasteiger partial charge < -0.3 is 19.7 Å². The molecular weight excluding hydrogens is 604 g/mol. The number of nitrogens with one attached hydrogen (secondary N) is 1. The molecule has 0 bridgehead atoms. The highest BCUT2D eigenvalue weighted by Gasteiger charge is 2.42. The van der Waals surface area contributed by atoms with Gasteiger partial charge in [0.15, 0.2) is 0 Å². The molecule has 2 atom stereocenters. The first-order valence-electron chi connectivity index (χ1n) is 17.8. The highest BCUT2D eigenvalue weighted by Crippen LogP contribution is 2.52. The fourth-order valence-electron chi connectivity index (χ4n) is 8.04. The van der Waals surface area contributed by atoms with E-state index in [1.165, 1.54) is 35.1 Å². The first kappa shape index (κ1) is 33.8. The van der Waals surface area contributed by atoms with Gasteiger partial charge in [0.1, 0.15) is 17.1 Å². The van der Waals surface area contributed by atoms with E-state index in [-0.39, 0.29) is 17.4 Å². The maximum absolute atomic E-state index is 13.6. The number of likely N-dealkylation sites (tertiary alicyclic amines) is 1. The number of rotatable bonds is 12. The highest BCUT2D eigenvalue weighted by molar-refractivity contribution is 6.30. The minimum atomic E-state index is -0.480. The molecule has 1 N–H and O–H groups in total. The van der Waals surface area contributed by atoms with Crippen LogP contribution in [0, 0.1) is 0 Å². The largest absolute Gasteiger partial charge is 0.483 e. The van der Waals surface area contributed by atoms with Crippen LogP contribution in [-0.2, 0) is 16.6 Å². The molecule has 6 rings (SSSR count). The van der Waals surface area contributed by atoms with E-state index in [0.29, 0.717) is 12.2 Å². The van der Waals surface area contributed by atoms with Gasteiger partial charge in [0, 0.05) is 22.9 Å². The Labute approximate surface area is 286 Å². The molecule has 3 heterocycles. The maximum atomic E-state index is 13.6. The van der Waals surface area contributed by atoms with Gasteiger partial charge in [-0.05, 0) is 137 Å². The third-order valence-corrected chi connectivity index (χ3v) is 10.8.